The Morgan fingerprint density at radius 2 is 1.90 bits per heavy atom. The zero-order valence-corrected chi connectivity index (χ0v) is 12.9. The summed E-state index contributed by atoms with van der Waals surface area (Å²) in [5.41, 5.74) is 0.691. The van der Waals surface area contributed by atoms with Crippen LogP contribution < -0.4 is 14.6 Å². The molecule has 20 heavy (non-hydrogen) atoms. The Morgan fingerprint density at radius 1 is 1.25 bits per heavy atom. The first-order valence-electron chi connectivity index (χ1n) is 5.86. The largest absolute Gasteiger partial charge is 0.492 e. The van der Waals surface area contributed by atoms with Crippen molar-refractivity contribution in [1.82, 2.24) is 4.72 Å². The van der Waals surface area contributed by atoms with E-state index in [0.29, 0.717) is 17.7 Å². The summed E-state index contributed by atoms with van der Waals surface area (Å²) >= 11 is 0. The van der Waals surface area contributed by atoms with E-state index in [4.69, 9.17) is 9.88 Å². The van der Waals surface area contributed by atoms with Crippen molar-refractivity contribution in [2.45, 2.75) is 18.2 Å². The number of hydrogen-bond acceptors (Lipinski definition) is 5. The monoisotopic (exact) mass is 322 g/mol. The molecule has 0 aromatic heterocycles. The van der Waals surface area contributed by atoms with Crippen LogP contribution in [0.25, 0.3) is 0 Å². The van der Waals surface area contributed by atoms with Crippen LogP contribution in [0.1, 0.15) is 12.5 Å². The smallest absolute Gasteiger partial charge is 0.238 e. The van der Waals surface area contributed by atoms with Crippen LogP contribution in [0.3, 0.4) is 0 Å². The van der Waals surface area contributed by atoms with Gasteiger partial charge in [-0.2, -0.15) is 0 Å². The topological polar surface area (TPSA) is 116 Å². The number of benzene rings is 1. The zero-order valence-electron chi connectivity index (χ0n) is 11.3. The third-order valence-electron chi connectivity index (χ3n) is 2.47. The van der Waals surface area contributed by atoms with Gasteiger partial charge in [0.1, 0.15) is 12.4 Å². The minimum atomic E-state index is -3.74. The number of aryl methyl sites for hydroxylation is 1. The fourth-order valence-electron chi connectivity index (χ4n) is 1.54. The number of nitrogens with one attached hydrogen (secondary N) is 1. The minimum absolute atomic E-state index is 0.0240. The molecule has 0 radical (unpaired) electrons. The van der Waals surface area contributed by atoms with Gasteiger partial charge in [-0.1, -0.05) is 6.92 Å². The summed E-state index contributed by atoms with van der Waals surface area (Å²) < 4.78 is 52.0. The molecule has 0 saturated heterocycles. The van der Waals surface area contributed by atoms with Gasteiger partial charge in [0.2, 0.25) is 20.0 Å². The quantitative estimate of drug-likeness (QED) is 0.676. The van der Waals surface area contributed by atoms with Crippen LogP contribution in [0.2, 0.25) is 0 Å². The highest BCUT2D eigenvalue weighted by atomic mass is 32.2. The van der Waals surface area contributed by atoms with E-state index in [1.54, 1.807) is 0 Å². The van der Waals surface area contributed by atoms with Gasteiger partial charge in [-0.3, -0.25) is 0 Å². The molecule has 0 amide bonds. The maximum Gasteiger partial charge on any atom is 0.238 e. The van der Waals surface area contributed by atoms with Gasteiger partial charge in [0, 0.05) is 6.54 Å². The van der Waals surface area contributed by atoms with Crippen LogP contribution in [0.5, 0.6) is 5.75 Å². The highest BCUT2D eigenvalue weighted by molar-refractivity contribution is 7.89. The van der Waals surface area contributed by atoms with Crippen LogP contribution >= 0.6 is 0 Å². The van der Waals surface area contributed by atoms with E-state index in [-0.39, 0.29) is 18.0 Å². The van der Waals surface area contributed by atoms with Crippen LogP contribution in [0, 0.1) is 0 Å². The van der Waals surface area contributed by atoms with Gasteiger partial charge in [-0.25, -0.2) is 26.7 Å². The fourth-order valence-corrected chi connectivity index (χ4v) is 2.56. The molecular formula is C11H18N2O5S2. The van der Waals surface area contributed by atoms with E-state index >= 15 is 0 Å². The number of nitrogens with two attached hydrogens (primary N) is 1. The number of rotatable bonds is 7. The van der Waals surface area contributed by atoms with Crippen LogP contribution in [-0.2, 0) is 26.5 Å². The van der Waals surface area contributed by atoms with E-state index in [1.165, 1.54) is 18.2 Å². The van der Waals surface area contributed by atoms with E-state index in [1.807, 2.05) is 6.92 Å². The van der Waals surface area contributed by atoms with Gasteiger partial charge < -0.3 is 4.74 Å². The lowest BCUT2D eigenvalue weighted by Crippen LogP contribution is -2.27. The molecule has 1 aromatic rings. The molecule has 0 aliphatic rings. The standard InChI is InChI=1S/C11H18N2O5S2/c1-3-9-8-10(20(12,16)17)4-5-11(9)18-7-6-13-19(2,14)15/h4-5,8,13H,3,6-7H2,1-2H3,(H2,12,16,17). The van der Waals surface area contributed by atoms with Crippen molar-refractivity contribution in [3.05, 3.63) is 23.8 Å². The molecule has 114 valence electrons. The molecule has 0 atom stereocenters. The molecule has 7 nitrogen and oxygen atoms in total. The Kier molecular flexibility index (Phi) is 5.51. The maximum atomic E-state index is 11.2. The van der Waals surface area contributed by atoms with Gasteiger partial charge >= 0.3 is 0 Å². The predicted octanol–water partition coefficient (Wildman–Crippen LogP) is -0.176. The van der Waals surface area contributed by atoms with Gasteiger partial charge in [-0.05, 0) is 30.2 Å². The zero-order chi connectivity index (χ0) is 15.4. The molecule has 0 spiro atoms. The lowest BCUT2D eigenvalue weighted by atomic mass is 10.1. The van der Waals surface area contributed by atoms with Crippen LogP contribution in [-0.4, -0.2) is 36.2 Å². The molecule has 0 unspecified atom stereocenters. The Bertz CT molecular complexity index is 668. The molecule has 0 saturated carbocycles. The van der Waals surface area contributed by atoms with Crippen molar-refractivity contribution >= 4 is 20.0 Å². The number of primary sulfonamides is 1. The summed E-state index contributed by atoms with van der Waals surface area (Å²) in [5.74, 6) is 0.509. The normalized spacial score (nSPS) is 12.3. The highest BCUT2D eigenvalue weighted by Crippen LogP contribution is 2.22. The molecule has 9 heteroatoms. The second-order valence-corrected chi connectivity index (χ2v) is 7.58. The molecule has 0 aliphatic carbocycles. The summed E-state index contributed by atoms with van der Waals surface area (Å²) in [4.78, 5) is 0.0240. The summed E-state index contributed by atoms with van der Waals surface area (Å²) in [6, 6.07) is 4.32. The lowest BCUT2D eigenvalue weighted by molar-refractivity contribution is 0.319. The molecule has 0 fully saturated rings. The van der Waals surface area contributed by atoms with Crippen molar-refractivity contribution in [2.75, 3.05) is 19.4 Å². The van der Waals surface area contributed by atoms with Crippen molar-refractivity contribution in [1.29, 1.82) is 0 Å². The summed E-state index contributed by atoms with van der Waals surface area (Å²) in [6.07, 6.45) is 1.63. The second-order valence-electron chi connectivity index (χ2n) is 4.18. The van der Waals surface area contributed by atoms with E-state index < -0.39 is 20.0 Å². The van der Waals surface area contributed by atoms with Crippen molar-refractivity contribution in [3.8, 4) is 5.75 Å². The van der Waals surface area contributed by atoms with E-state index in [9.17, 15) is 16.8 Å². The van der Waals surface area contributed by atoms with Crippen LogP contribution in [0.15, 0.2) is 23.1 Å². The van der Waals surface area contributed by atoms with Gasteiger partial charge in [-0.15, -0.1) is 0 Å². The van der Waals surface area contributed by atoms with E-state index in [2.05, 4.69) is 4.72 Å². The molecule has 0 heterocycles. The molecular weight excluding hydrogens is 304 g/mol. The lowest BCUT2D eigenvalue weighted by Gasteiger charge is -2.11. The predicted molar refractivity (Wildman–Crippen MR) is 75.5 cm³/mol. The summed E-state index contributed by atoms with van der Waals surface area (Å²) in [7, 11) is -6.99. The number of hydrogen-bond donors (Lipinski definition) is 2. The summed E-state index contributed by atoms with van der Waals surface area (Å²) in [6.45, 7) is 2.14. The first-order valence-corrected chi connectivity index (χ1v) is 9.30. The summed E-state index contributed by atoms with van der Waals surface area (Å²) in [5, 5.41) is 5.05. The third kappa shape index (κ3) is 5.45. The highest BCUT2D eigenvalue weighted by Gasteiger charge is 2.11. The van der Waals surface area contributed by atoms with Crippen molar-refractivity contribution in [3.63, 3.8) is 0 Å². The maximum absolute atomic E-state index is 11.2. The Balaban J connectivity index is 2.76. The number of sulfonamides is 2. The minimum Gasteiger partial charge on any atom is -0.492 e. The Morgan fingerprint density at radius 3 is 2.40 bits per heavy atom. The third-order valence-corrected chi connectivity index (χ3v) is 4.10. The van der Waals surface area contributed by atoms with Crippen LogP contribution in [0.4, 0.5) is 0 Å². The van der Waals surface area contributed by atoms with Gasteiger partial charge in [0.15, 0.2) is 0 Å². The SMILES string of the molecule is CCc1cc(S(N)(=O)=O)ccc1OCCNS(C)(=O)=O. The Hall–Kier alpha value is -1.16. The average Bonchev–Trinajstić information content (AvgIpc) is 2.32. The molecule has 3 N–H and O–H groups in total. The fraction of sp³-hybridized carbons (Fsp3) is 0.455. The van der Waals surface area contributed by atoms with Gasteiger partial charge in [0.25, 0.3) is 0 Å². The van der Waals surface area contributed by atoms with Crippen molar-refractivity contribution in [2.24, 2.45) is 5.14 Å². The number of ether oxygens (including phenoxy) is 1. The van der Waals surface area contributed by atoms with Gasteiger partial charge in [0.05, 0.1) is 11.2 Å². The molecule has 1 aromatic carbocycles. The Labute approximate surface area is 119 Å². The molecule has 0 aliphatic heterocycles. The van der Waals surface area contributed by atoms with Crippen molar-refractivity contribution < 1.29 is 21.6 Å². The first kappa shape index (κ1) is 16.9. The first-order chi connectivity index (χ1) is 9.13. The second kappa shape index (κ2) is 6.53. The average molecular weight is 322 g/mol. The van der Waals surface area contributed by atoms with E-state index in [0.717, 1.165) is 6.26 Å². The molecule has 1 rings (SSSR count). The molecule has 0 bridgehead atoms.